The van der Waals surface area contributed by atoms with Gasteiger partial charge in [0.2, 0.25) is 0 Å². The number of likely N-dealkylation sites (tertiary alicyclic amines) is 1. The topological polar surface area (TPSA) is 125 Å². The van der Waals surface area contributed by atoms with Crippen LogP contribution in [0.2, 0.25) is 0 Å². The molecule has 3 unspecified atom stereocenters. The van der Waals surface area contributed by atoms with E-state index in [2.05, 4.69) is 61.5 Å². The molecule has 0 amide bonds. The average Bonchev–Trinajstić information content (AvgIpc) is 3.23. The van der Waals surface area contributed by atoms with Crippen LogP contribution in [0, 0.1) is 29.1 Å². The Labute approximate surface area is 239 Å². The van der Waals surface area contributed by atoms with E-state index in [9.17, 15) is 0 Å². The second kappa shape index (κ2) is 16.9. The number of halogens is 1. The van der Waals surface area contributed by atoms with E-state index in [-0.39, 0.29) is 23.9 Å². The Bertz CT molecular complexity index is 684. The van der Waals surface area contributed by atoms with E-state index in [1.165, 1.54) is 77.4 Å². The maximum atomic E-state index is 6.41. The van der Waals surface area contributed by atoms with Crippen LogP contribution in [0.1, 0.15) is 92.9 Å². The molecule has 7 nitrogen and oxygen atoms in total. The van der Waals surface area contributed by atoms with Crippen molar-refractivity contribution in [2.24, 2.45) is 29.1 Å². The SMILES string of the molecule is C.CC(C)[C@H](CN1CCC(C2CCC(Cl)CC2)C(C)(C)C1)NCC1C=C(C2CCNN2C)CCC1.O.O.O. The average molecular weight is 563 g/mol. The first kappa shape index (κ1) is 37.8. The monoisotopic (exact) mass is 562 g/mol. The van der Waals surface area contributed by atoms with E-state index in [0.717, 1.165) is 24.9 Å². The summed E-state index contributed by atoms with van der Waals surface area (Å²) in [6.07, 6.45) is 14.4. The van der Waals surface area contributed by atoms with Crippen molar-refractivity contribution < 1.29 is 16.4 Å². The third kappa shape index (κ3) is 9.69. The molecule has 4 atom stereocenters. The lowest BCUT2D eigenvalue weighted by molar-refractivity contribution is 0.00472. The van der Waals surface area contributed by atoms with Crippen LogP contribution in [0.3, 0.4) is 0 Å². The Balaban J connectivity index is 0.00000342. The number of hydrazine groups is 1. The molecule has 2 saturated heterocycles. The first-order valence-corrected chi connectivity index (χ1v) is 14.9. The minimum absolute atomic E-state index is 0. The highest BCUT2D eigenvalue weighted by Gasteiger charge is 2.41. The van der Waals surface area contributed by atoms with Gasteiger partial charge in [-0.1, -0.05) is 46.8 Å². The number of hydrogen-bond donors (Lipinski definition) is 2. The van der Waals surface area contributed by atoms with Gasteiger partial charge in [-0.15, -0.1) is 11.6 Å². The van der Waals surface area contributed by atoms with Gasteiger partial charge >= 0.3 is 0 Å². The van der Waals surface area contributed by atoms with Gasteiger partial charge in [-0.2, -0.15) is 0 Å². The van der Waals surface area contributed by atoms with Crippen LogP contribution in [0.25, 0.3) is 0 Å². The molecular formula is C30H63ClN4O3. The largest absolute Gasteiger partial charge is 0.412 e. The normalized spacial score (nSPS) is 32.7. The van der Waals surface area contributed by atoms with Gasteiger partial charge in [0, 0.05) is 50.7 Å². The number of rotatable bonds is 8. The zero-order valence-electron chi connectivity index (χ0n) is 24.3. The van der Waals surface area contributed by atoms with Crippen LogP contribution in [0.15, 0.2) is 11.6 Å². The fourth-order valence-corrected chi connectivity index (χ4v) is 7.93. The fourth-order valence-electron chi connectivity index (χ4n) is 7.68. The third-order valence-corrected chi connectivity index (χ3v) is 10.2. The lowest BCUT2D eigenvalue weighted by Crippen LogP contribution is -2.53. The molecule has 228 valence electrons. The predicted molar refractivity (Wildman–Crippen MR) is 164 cm³/mol. The molecule has 4 rings (SSSR count). The van der Waals surface area contributed by atoms with Gasteiger partial charge in [0.1, 0.15) is 0 Å². The van der Waals surface area contributed by atoms with Gasteiger partial charge in [-0.25, -0.2) is 5.01 Å². The van der Waals surface area contributed by atoms with Gasteiger partial charge in [-0.05, 0) is 93.4 Å². The standard InChI is InChI=1S/C29H53ClN4.CH4.3H2O/c1-21(2)27(31-18-22-7-6-8-24(17-22)28-13-15-32-33(28)5)19-34-16-14-26(29(3,4)20-34)23-9-11-25(30)12-10-23;;;;/h17,21-23,25-28,31-32H,6-16,18-20H2,1-5H3;1H4;3*1H2/t22?,23?,25?,26?,27-,28?;;;;/m0..../s1. The number of nitrogens with zero attached hydrogens (tertiary/aromatic N) is 2. The van der Waals surface area contributed by atoms with E-state index in [1.54, 1.807) is 5.57 Å². The Morgan fingerprint density at radius 3 is 2.32 bits per heavy atom. The summed E-state index contributed by atoms with van der Waals surface area (Å²) in [7, 11) is 2.21. The molecule has 1 saturated carbocycles. The van der Waals surface area contributed by atoms with Crippen molar-refractivity contribution in [2.75, 3.05) is 39.8 Å². The summed E-state index contributed by atoms with van der Waals surface area (Å²) < 4.78 is 0. The van der Waals surface area contributed by atoms with E-state index in [1.807, 2.05) is 0 Å². The van der Waals surface area contributed by atoms with Crippen LogP contribution in [-0.2, 0) is 0 Å². The second-order valence-corrected chi connectivity index (χ2v) is 13.7. The first-order chi connectivity index (χ1) is 16.2. The molecule has 8 N–H and O–H groups in total. The highest BCUT2D eigenvalue weighted by molar-refractivity contribution is 6.20. The Morgan fingerprint density at radius 1 is 1.05 bits per heavy atom. The van der Waals surface area contributed by atoms with Crippen LogP contribution in [0.5, 0.6) is 0 Å². The molecule has 0 aromatic heterocycles. The van der Waals surface area contributed by atoms with Crippen molar-refractivity contribution in [2.45, 2.75) is 110 Å². The Morgan fingerprint density at radius 2 is 1.74 bits per heavy atom. The molecule has 2 aliphatic heterocycles. The highest BCUT2D eigenvalue weighted by Crippen LogP contribution is 2.45. The molecule has 2 aliphatic carbocycles. The molecule has 0 spiro atoms. The van der Waals surface area contributed by atoms with Crippen molar-refractivity contribution in [3.05, 3.63) is 11.6 Å². The molecule has 0 aromatic rings. The van der Waals surface area contributed by atoms with E-state index < -0.39 is 0 Å². The summed E-state index contributed by atoms with van der Waals surface area (Å²) in [5.74, 6) is 3.12. The molecule has 0 bridgehead atoms. The summed E-state index contributed by atoms with van der Waals surface area (Å²) in [6, 6.07) is 1.19. The van der Waals surface area contributed by atoms with Crippen molar-refractivity contribution in [3.63, 3.8) is 0 Å². The lowest BCUT2D eigenvalue weighted by atomic mass is 9.64. The number of piperidine rings is 1. The molecule has 0 aromatic carbocycles. The van der Waals surface area contributed by atoms with Crippen molar-refractivity contribution in [3.8, 4) is 0 Å². The summed E-state index contributed by atoms with van der Waals surface area (Å²) >= 11 is 6.41. The minimum Gasteiger partial charge on any atom is -0.412 e. The number of likely N-dealkylation sites (N-methyl/N-ethyl adjacent to an activating group) is 1. The predicted octanol–water partition coefficient (Wildman–Crippen LogP) is 3.84. The summed E-state index contributed by atoms with van der Waals surface area (Å²) in [4.78, 5) is 2.78. The molecular weight excluding hydrogens is 500 g/mol. The van der Waals surface area contributed by atoms with E-state index in [4.69, 9.17) is 11.6 Å². The van der Waals surface area contributed by atoms with Crippen LogP contribution in [0.4, 0.5) is 0 Å². The minimum atomic E-state index is 0. The maximum Gasteiger partial charge on any atom is 0.0462 e. The second-order valence-electron chi connectivity index (χ2n) is 13.1. The van der Waals surface area contributed by atoms with Crippen molar-refractivity contribution >= 4 is 11.6 Å². The molecule has 8 heteroatoms. The van der Waals surface area contributed by atoms with Gasteiger partial charge in [0.25, 0.3) is 0 Å². The van der Waals surface area contributed by atoms with Gasteiger partial charge in [0.15, 0.2) is 0 Å². The summed E-state index contributed by atoms with van der Waals surface area (Å²) in [5.41, 5.74) is 5.58. The van der Waals surface area contributed by atoms with E-state index in [0.29, 0.717) is 34.7 Å². The molecule has 2 heterocycles. The van der Waals surface area contributed by atoms with Crippen molar-refractivity contribution in [1.29, 1.82) is 0 Å². The molecule has 38 heavy (non-hydrogen) atoms. The Kier molecular flexibility index (Phi) is 16.8. The number of nitrogens with one attached hydrogen (secondary N) is 2. The number of hydrogen-bond acceptors (Lipinski definition) is 4. The van der Waals surface area contributed by atoms with Crippen LogP contribution >= 0.6 is 11.6 Å². The summed E-state index contributed by atoms with van der Waals surface area (Å²) in [6.45, 7) is 15.9. The first-order valence-electron chi connectivity index (χ1n) is 14.5. The zero-order valence-corrected chi connectivity index (χ0v) is 25.0. The third-order valence-electron chi connectivity index (χ3n) is 9.73. The Hall–Kier alpha value is -0.250. The van der Waals surface area contributed by atoms with Gasteiger partial charge < -0.3 is 26.6 Å². The molecule has 4 aliphatic rings. The van der Waals surface area contributed by atoms with Crippen LogP contribution < -0.4 is 10.7 Å². The molecule has 3 fully saturated rings. The van der Waals surface area contributed by atoms with Crippen LogP contribution in [-0.4, -0.2) is 83.6 Å². The van der Waals surface area contributed by atoms with E-state index >= 15 is 0 Å². The maximum absolute atomic E-state index is 6.41. The lowest BCUT2D eigenvalue weighted by Gasteiger charge is -2.49. The summed E-state index contributed by atoms with van der Waals surface area (Å²) in [5, 5.41) is 6.81. The van der Waals surface area contributed by atoms with Gasteiger partial charge in [-0.3, -0.25) is 5.43 Å². The highest BCUT2D eigenvalue weighted by atomic mass is 35.5. The molecule has 0 radical (unpaired) electrons. The van der Waals surface area contributed by atoms with Crippen molar-refractivity contribution in [1.82, 2.24) is 20.7 Å². The number of alkyl halides is 1. The quantitative estimate of drug-likeness (QED) is 0.344. The van der Waals surface area contributed by atoms with Gasteiger partial charge in [0.05, 0.1) is 0 Å². The zero-order chi connectivity index (χ0) is 24.3. The smallest absolute Gasteiger partial charge is 0.0462 e. The fraction of sp³-hybridized carbons (Fsp3) is 0.933.